The number of nitrogens with zero attached hydrogens (tertiary/aromatic N) is 4. The first kappa shape index (κ1) is 18.7. The van der Waals surface area contributed by atoms with E-state index < -0.39 is 0 Å². The van der Waals surface area contributed by atoms with E-state index >= 15 is 0 Å². The number of aliphatic hydroxyl groups is 1. The lowest BCUT2D eigenvalue weighted by Crippen LogP contribution is -2.50. The first-order valence-corrected chi connectivity index (χ1v) is 10.4. The van der Waals surface area contributed by atoms with Crippen molar-refractivity contribution in [3.8, 4) is 5.69 Å². The summed E-state index contributed by atoms with van der Waals surface area (Å²) in [4.78, 5) is 5.29. The fourth-order valence-electron chi connectivity index (χ4n) is 4.69. The summed E-state index contributed by atoms with van der Waals surface area (Å²) in [6.07, 6.45) is 8.74. The zero-order valence-corrected chi connectivity index (χ0v) is 16.4. The molecule has 0 saturated carbocycles. The second kappa shape index (κ2) is 8.55. The minimum Gasteiger partial charge on any atom is -0.396 e. The highest BCUT2D eigenvalue weighted by atomic mass is 16.3. The van der Waals surface area contributed by atoms with E-state index in [2.05, 4.69) is 40.0 Å². The maximum absolute atomic E-state index is 9.39. The first-order valence-electron chi connectivity index (χ1n) is 10.4. The molecule has 146 valence electrons. The topological polar surface area (TPSA) is 44.5 Å². The highest BCUT2D eigenvalue weighted by Gasteiger charge is 2.28. The molecule has 2 saturated heterocycles. The number of hydrogen-bond acceptors (Lipinski definition) is 4. The monoisotopic (exact) mass is 368 g/mol. The lowest BCUT2D eigenvalue weighted by Gasteiger charge is -2.42. The fraction of sp³-hybridized carbons (Fsp3) is 0.591. The van der Waals surface area contributed by atoms with Crippen molar-refractivity contribution in [3.05, 3.63) is 47.8 Å². The van der Waals surface area contributed by atoms with Gasteiger partial charge in [-0.2, -0.15) is 5.10 Å². The van der Waals surface area contributed by atoms with E-state index in [-0.39, 0.29) is 0 Å². The first-order chi connectivity index (χ1) is 13.2. The highest BCUT2D eigenvalue weighted by Crippen LogP contribution is 2.25. The summed E-state index contributed by atoms with van der Waals surface area (Å²) in [6, 6.07) is 9.32. The van der Waals surface area contributed by atoms with Crippen molar-refractivity contribution in [3.63, 3.8) is 0 Å². The van der Waals surface area contributed by atoms with Crippen LogP contribution >= 0.6 is 0 Å². The van der Waals surface area contributed by atoms with Crippen LogP contribution < -0.4 is 0 Å². The molecule has 1 N–H and O–H groups in total. The molecule has 1 atom stereocenters. The number of likely N-dealkylation sites (tertiary alicyclic amines) is 2. The van der Waals surface area contributed by atoms with Gasteiger partial charge in [0, 0.05) is 38.1 Å². The van der Waals surface area contributed by atoms with Gasteiger partial charge in [-0.05, 0) is 75.9 Å². The van der Waals surface area contributed by atoms with Gasteiger partial charge < -0.3 is 5.11 Å². The molecule has 1 aromatic carbocycles. The van der Waals surface area contributed by atoms with Crippen molar-refractivity contribution >= 4 is 0 Å². The molecule has 0 amide bonds. The van der Waals surface area contributed by atoms with Crippen molar-refractivity contribution in [1.29, 1.82) is 0 Å². The Morgan fingerprint density at radius 3 is 2.74 bits per heavy atom. The zero-order valence-electron chi connectivity index (χ0n) is 16.4. The Morgan fingerprint density at radius 2 is 2.00 bits per heavy atom. The van der Waals surface area contributed by atoms with Gasteiger partial charge in [0.2, 0.25) is 0 Å². The van der Waals surface area contributed by atoms with Crippen molar-refractivity contribution in [1.82, 2.24) is 19.6 Å². The second-order valence-corrected chi connectivity index (χ2v) is 8.28. The van der Waals surface area contributed by atoms with Crippen LogP contribution in [0.25, 0.3) is 5.69 Å². The molecule has 2 aromatic rings. The van der Waals surface area contributed by atoms with Crippen LogP contribution in [0.15, 0.2) is 36.7 Å². The predicted molar refractivity (Wildman–Crippen MR) is 108 cm³/mol. The summed E-state index contributed by atoms with van der Waals surface area (Å²) in [6.45, 7) is 8.13. The van der Waals surface area contributed by atoms with Gasteiger partial charge in [0.1, 0.15) is 0 Å². The van der Waals surface area contributed by atoms with Crippen molar-refractivity contribution in [2.75, 3.05) is 32.8 Å². The van der Waals surface area contributed by atoms with E-state index in [0.717, 1.165) is 39.0 Å². The molecular formula is C22H32N4O. The lowest BCUT2D eigenvalue weighted by molar-refractivity contribution is 0.0544. The maximum Gasteiger partial charge on any atom is 0.0690 e. The molecular weight excluding hydrogens is 336 g/mol. The van der Waals surface area contributed by atoms with Crippen LogP contribution in [-0.2, 0) is 6.54 Å². The largest absolute Gasteiger partial charge is 0.396 e. The Hall–Kier alpha value is -1.69. The third-order valence-electron chi connectivity index (χ3n) is 6.28. The van der Waals surface area contributed by atoms with Gasteiger partial charge in [0.25, 0.3) is 0 Å². The number of hydrogen-bond donors (Lipinski definition) is 1. The molecule has 0 aliphatic carbocycles. The number of rotatable bonds is 5. The molecule has 0 unspecified atom stereocenters. The quantitative estimate of drug-likeness (QED) is 0.881. The average Bonchev–Trinajstić information content (AvgIpc) is 3.23. The molecule has 4 rings (SSSR count). The van der Waals surface area contributed by atoms with Gasteiger partial charge >= 0.3 is 0 Å². The van der Waals surface area contributed by atoms with Gasteiger partial charge in [-0.3, -0.25) is 9.80 Å². The number of aliphatic hydroxyl groups excluding tert-OH is 1. The zero-order chi connectivity index (χ0) is 18.6. The molecule has 5 nitrogen and oxygen atoms in total. The number of benzene rings is 1. The highest BCUT2D eigenvalue weighted by molar-refractivity contribution is 5.42. The lowest BCUT2D eigenvalue weighted by atomic mass is 9.94. The third-order valence-corrected chi connectivity index (χ3v) is 6.28. The van der Waals surface area contributed by atoms with Crippen molar-refractivity contribution in [2.45, 2.75) is 45.2 Å². The molecule has 27 heavy (non-hydrogen) atoms. The standard InChI is InChI=1S/C22H32N4O/c1-18-5-6-22(26-11-3-9-23-26)20(14-18)15-24-10-2-4-21(16-24)25-12-7-19(17-27)8-13-25/h3,5-6,9,11,14,19,21,27H,2,4,7-8,10,12-13,15-17H2,1H3/t21-/m1/s1. The Morgan fingerprint density at radius 1 is 1.15 bits per heavy atom. The predicted octanol–water partition coefficient (Wildman–Crippen LogP) is 2.85. The molecule has 1 aromatic heterocycles. The van der Waals surface area contributed by atoms with Crippen LogP contribution in [0.5, 0.6) is 0 Å². The summed E-state index contributed by atoms with van der Waals surface area (Å²) in [5, 5.41) is 13.8. The molecule has 2 aliphatic rings. The van der Waals surface area contributed by atoms with E-state index in [1.807, 2.05) is 23.1 Å². The van der Waals surface area contributed by atoms with Crippen LogP contribution in [0, 0.1) is 12.8 Å². The van der Waals surface area contributed by atoms with Gasteiger partial charge in [-0.15, -0.1) is 0 Å². The SMILES string of the molecule is Cc1ccc(-n2cccn2)c(CN2CCC[C@@H](N3CCC(CO)CC3)C2)c1. The smallest absolute Gasteiger partial charge is 0.0690 e. The Labute approximate surface area is 162 Å². The van der Waals surface area contributed by atoms with Crippen molar-refractivity contribution in [2.24, 2.45) is 5.92 Å². The maximum atomic E-state index is 9.39. The van der Waals surface area contributed by atoms with Crippen LogP contribution in [0.3, 0.4) is 0 Å². The van der Waals surface area contributed by atoms with E-state index in [1.165, 1.54) is 36.2 Å². The average molecular weight is 369 g/mol. The minimum atomic E-state index is 0.355. The van der Waals surface area contributed by atoms with Gasteiger partial charge in [0.05, 0.1) is 5.69 Å². The van der Waals surface area contributed by atoms with Crippen LogP contribution in [0.2, 0.25) is 0 Å². The fourth-order valence-corrected chi connectivity index (χ4v) is 4.69. The van der Waals surface area contributed by atoms with Gasteiger partial charge in [-0.1, -0.05) is 17.7 Å². The van der Waals surface area contributed by atoms with E-state index in [4.69, 9.17) is 0 Å². The van der Waals surface area contributed by atoms with E-state index in [0.29, 0.717) is 18.6 Å². The summed E-state index contributed by atoms with van der Waals surface area (Å²) < 4.78 is 1.98. The normalized spacial score (nSPS) is 23.0. The summed E-state index contributed by atoms with van der Waals surface area (Å²) in [5.41, 5.74) is 3.86. The van der Waals surface area contributed by atoms with Crippen LogP contribution in [-0.4, -0.2) is 63.5 Å². The van der Waals surface area contributed by atoms with E-state index in [9.17, 15) is 5.11 Å². The van der Waals surface area contributed by atoms with Crippen molar-refractivity contribution < 1.29 is 5.11 Å². The second-order valence-electron chi connectivity index (χ2n) is 8.28. The molecule has 0 bridgehead atoms. The summed E-state index contributed by atoms with van der Waals surface area (Å²) in [7, 11) is 0. The molecule has 5 heteroatoms. The number of aromatic nitrogens is 2. The number of aryl methyl sites for hydroxylation is 1. The molecule has 2 aliphatic heterocycles. The Kier molecular flexibility index (Phi) is 5.91. The summed E-state index contributed by atoms with van der Waals surface area (Å²) >= 11 is 0. The van der Waals surface area contributed by atoms with Gasteiger partial charge in [0.15, 0.2) is 0 Å². The van der Waals surface area contributed by atoms with Gasteiger partial charge in [-0.25, -0.2) is 4.68 Å². The Balaban J connectivity index is 1.43. The Bertz CT molecular complexity index is 722. The molecule has 3 heterocycles. The number of piperidine rings is 2. The third kappa shape index (κ3) is 4.42. The van der Waals surface area contributed by atoms with E-state index in [1.54, 1.807) is 0 Å². The molecule has 0 radical (unpaired) electrons. The van der Waals surface area contributed by atoms with Crippen LogP contribution in [0.4, 0.5) is 0 Å². The van der Waals surface area contributed by atoms with Crippen LogP contribution in [0.1, 0.15) is 36.8 Å². The minimum absolute atomic E-state index is 0.355. The molecule has 2 fully saturated rings. The summed E-state index contributed by atoms with van der Waals surface area (Å²) in [5.74, 6) is 0.518. The molecule has 0 spiro atoms.